The van der Waals surface area contributed by atoms with Crippen molar-refractivity contribution in [2.75, 3.05) is 18.5 Å². The van der Waals surface area contributed by atoms with Crippen LogP contribution in [0.2, 0.25) is 0 Å². The van der Waals surface area contributed by atoms with Gasteiger partial charge in [0.1, 0.15) is 16.8 Å². The van der Waals surface area contributed by atoms with E-state index in [1.165, 1.54) is 16.9 Å². The maximum Gasteiger partial charge on any atom is 0.250 e. The lowest BCUT2D eigenvalue weighted by atomic mass is 9.92. The van der Waals surface area contributed by atoms with Crippen LogP contribution in [0, 0.1) is 11.7 Å². The van der Waals surface area contributed by atoms with Gasteiger partial charge < -0.3 is 10.1 Å². The van der Waals surface area contributed by atoms with E-state index in [9.17, 15) is 17.6 Å². The van der Waals surface area contributed by atoms with E-state index in [0.717, 1.165) is 18.9 Å². The first-order chi connectivity index (χ1) is 15.8. The Morgan fingerprint density at radius 3 is 2.67 bits per heavy atom. The van der Waals surface area contributed by atoms with Gasteiger partial charge in [-0.15, -0.1) is 0 Å². The fourth-order valence-corrected chi connectivity index (χ4v) is 6.35. The highest BCUT2D eigenvalue weighted by Gasteiger charge is 2.40. The summed E-state index contributed by atoms with van der Waals surface area (Å²) in [7, 11) is -2.03. The molecule has 1 aliphatic carbocycles. The molecule has 2 fully saturated rings. The zero-order valence-corrected chi connectivity index (χ0v) is 19.1. The summed E-state index contributed by atoms with van der Waals surface area (Å²) in [5.41, 5.74) is 0.420. The number of amides is 1. The third-order valence-electron chi connectivity index (χ3n) is 6.39. The van der Waals surface area contributed by atoms with Crippen LogP contribution >= 0.6 is 0 Å². The van der Waals surface area contributed by atoms with E-state index in [-0.39, 0.29) is 22.1 Å². The second-order valence-corrected chi connectivity index (χ2v) is 11.0. The van der Waals surface area contributed by atoms with Crippen LogP contribution in [0.25, 0.3) is 10.9 Å². The molecule has 3 heterocycles. The lowest BCUT2D eigenvalue weighted by molar-refractivity contribution is -0.120. The van der Waals surface area contributed by atoms with Crippen molar-refractivity contribution in [3.8, 4) is 0 Å². The topological polar surface area (TPSA) is 108 Å². The number of halogens is 1. The smallest absolute Gasteiger partial charge is 0.250 e. The summed E-state index contributed by atoms with van der Waals surface area (Å²) in [6.07, 6.45) is 6.30. The summed E-state index contributed by atoms with van der Waals surface area (Å²) >= 11 is 0. The third kappa shape index (κ3) is 4.26. The minimum atomic E-state index is -3.79. The van der Waals surface area contributed by atoms with E-state index in [4.69, 9.17) is 4.74 Å². The number of hydrogen-bond acceptors (Lipinski definition) is 6. The van der Waals surface area contributed by atoms with Crippen LogP contribution in [-0.4, -0.2) is 52.3 Å². The van der Waals surface area contributed by atoms with Crippen molar-refractivity contribution in [2.45, 2.75) is 48.3 Å². The number of aryl methyl sites for hydroxylation is 1. The largest absolute Gasteiger partial charge is 0.381 e. The van der Waals surface area contributed by atoms with Crippen molar-refractivity contribution in [3.63, 3.8) is 0 Å². The predicted octanol–water partition coefficient (Wildman–Crippen LogP) is 2.84. The predicted molar refractivity (Wildman–Crippen MR) is 119 cm³/mol. The fourth-order valence-electron chi connectivity index (χ4n) is 4.46. The quantitative estimate of drug-likeness (QED) is 0.563. The molecule has 1 amide bonds. The molecule has 1 saturated heterocycles. The molecule has 0 radical (unpaired) electrons. The zero-order chi connectivity index (χ0) is 23.2. The van der Waals surface area contributed by atoms with Crippen molar-refractivity contribution in [2.24, 2.45) is 13.0 Å². The minimum Gasteiger partial charge on any atom is -0.381 e. The fraction of sp³-hybridized carbons (Fsp3) is 0.500. The van der Waals surface area contributed by atoms with Crippen LogP contribution in [0.15, 0.2) is 35.5 Å². The molecule has 9 nitrogen and oxygen atoms in total. The first-order valence-electron chi connectivity index (χ1n) is 11.1. The number of nitrogens with one attached hydrogen (secondary N) is 1. The number of carbonyl (C=O) groups excluding carboxylic acids is 1. The molecule has 0 spiro atoms. The van der Waals surface area contributed by atoms with Crippen LogP contribution in [0.3, 0.4) is 0 Å². The highest BCUT2D eigenvalue weighted by atomic mass is 32.2. The average molecular weight is 476 g/mol. The van der Waals surface area contributed by atoms with Crippen molar-refractivity contribution in [3.05, 3.63) is 36.4 Å². The monoisotopic (exact) mass is 475 g/mol. The normalized spacial score (nSPS) is 18.5. The Labute approximate surface area is 190 Å². The lowest BCUT2D eigenvalue weighted by Gasteiger charge is -2.26. The van der Waals surface area contributed by atoms with E-state index in [0.29, 0.717) is 43.8 Å². The average Bonchev–Trinajstić information content (AvgIpc) is 3.47. The SMILES string of the molecule is Cn1ccc(NC(=O)[C@H](CC2CCOCC2)n2ncc3c(S(=O)(=O)C4CC4)c(F)ccc32)n1. The second-order valence-electron chi connectivity index (χ2n) is 8.81. The molecule has 33 heavy (non-hydrogen) atoms. The molecule has 176 valence electrons. The Kier molecular flexibility index (Phi) is 5.69. The van der Waals surface area contributed by atoms with E-state index in [2.05, 4.69) is 15.5 Å². The van der Waals surface area contributed by atoms with E-state index in [1.807, 2.05) is 0 Å². The van der Waals surface area contributed by atoms with Gasteiger partial charge in [-0.25, -0.2) is 12.8 Å². The number of nitrogens with zero attached hydrogens (tertiary/aromatic N) is 4. The van der Waals surface area contributed by atoms with Gasteiger partial charge in [-0.2, -0.15) is 10.2 Å². The van der Waals surface area contributed by atoms with Crippen molar-refractivity contribution >= 4 is 32.5 Å². The maximum atomic E-state index is 14.7. The van der Waals surface area contributed by atoms with Crippen molar-refractivity contribution in [1.29, 1.82) is 0 Å². The van der Waals surface area contributed by atoms with Crippen LogP contribution in [0.4, 0.5) is 10.2 Å². The molecule has 0 unspecified atom stereocenters. The summed E-state index contributed by atoms with van der Waals surface area (Å²) < 4.78 is 49.1. The number of aromatic nitrogens is 4. The summed E-state index contributed by atoms with van der Waals surface area (Å²) in [6.45, 7) is 1.27. The third-order valence-corrected chi connectivity index (χ3v) is 8.72. The number of benzene rings is 1. The Morgan fingerprint density at radius 1 is 1.24 bits per heavy atom. The van der Waals surface area contributed by atoms with Gasteiger partial charge >= 0.3 is 0 Å². The van der Waals surface area contributed by atoms with Gasteiger partial charge in [-0.1, -0.05) is 0 Å². The minimum absolute atomic E-state index is 0.213. The molecular weight excluding hydrogens is 449 g/mol. The highest BCUT2D eigenvalue weighted by Crippen LogP contribution is 2.39. The summed E-state index contributed by atoms with van der Waals surface area (Å²) in [4.78, 5) is 13.0. The molecule has 0 bridgehead atoms. The highest BCUT2D eigenvalue weighted by molar-refractivity contribution is 7.92. The molecule has 1 aromatic carbocycles. The molecule has 1 atom stereocenters. The number of carbonyl (C=O) groups is 1. The molecule has 1 saturated carbocycles. The van der Waals surface area contributed by atoms with Crippen LogP contribution in [-0.2, 0) is 26.4 Å². The van der Waals surface area contributed by atoms with Crippen LogP contribution < -0.4 is 5.32 Å². The van der Waals surface area contributed by atoms with Gasteiger partial charge in [0.05, 0.1) is 17.0 Å². The number of fused-ring (bicyclic) bond motifs is 1. The molecule has 1 N–H and O–H groups in total. The Balaban J connectivity index is 1.55. The molecule has 3 aromatic rings. The summed E-state index contributed by atoms with van der Waals surface area (Å²) in [6, 6.07) is 3.63. The molecule has 2 aromatic heterocycles. The van der Waals surface area contributed by atoms with Gasteiger partial charge in [-0.05, 0) is 50.2 Å². The van der Waals surface area contributed by atoms with Crippen molar-refractivity contribution in [1.82, 2.24) is 19.6 Å². The van der Waals surface area contributed by atoms with Gasteiger partial charge in [-0.3, -0.25) is 14.2 Å². The Morgan fingerprint density at radius 2 is 2.00 bits per heavy atom. The molecule has 11 heteroatoms. The summed E-state index contributed by atoms with van der Waals surface area (Å²) in [5.74, 6) is -0.430. The number of rotatable bonds is 7. The Bertz CT molecular complexity index is 1290. The van der Waals surface area contributed by atoms with Gasteiger partial charge in [0.25, 0.3) is 0 Å². The number of anilines is 1. The Hall–Kier alpha value is -2.79. The van der Waals surface area contributed by atoms with Gasteiger partial charge in [0, 0.05) is 37.9 Å². The molecule has 5 rings (SSSR count). The van der Waals surface area contributed by atoms with Crippen LogP contribution in [0.1, 0.15) is 38.1 Å². The number of hydrogen-bond donors (Lipinski definition) is 1. The second kappa shape index (κ2) is 8.53. The molecule has 2 aliphatic rings. The first kappa shape index (κ1) is 22.0. The number of sulfone groups is 1. The van der Waals surface area contributed by atoms with E-state index in [1.54, 1.807) is 24.0 Å². The van der Waals surface area contributed by atoms with E-state index < -0.39 is 26.9 Å². The maximum absolute atomic E-state index is 14.7. The lowest BCUT2D eigenvalue weighted by Crippen LogP contribution is -2.30. The summed E-state index contributed by atoms with van der Waals surface area (Å²) in [5, 5.41) is 11.1. The van der Waals surface area contributed by atoms with Crippen LogP contribution in [0.5, 0.6) is 0 Å². The van der Waals surface area contributed by atoms with Gasteiger partial charge in [0.2, 0.25) is 5.91 Å². The molecular formula is C22H26FN5O4S. The van der Waals surface area contributed by atoms with E-state index >= 15 is 0 Å². The standard InChI is InChI=1S/C22H26FN5O4S/c1-27-9-6-20(26-27)25-22(29)19(12-14-7-10-32-11-8-14)28-18-5-4-17(23)21(16(18)13-24-28)33(30,31)15-2-3-15/h4-6,9,13-15,19H,2-3,7-8,10-12H2,1H3,(H,25,26,29)/t19-/m0/s1. The first-order valence-corrected chi connectivity index (χ1v) is 12.7. The number of ether oxygens (including phenoxy) is 1. The van der Waals surface area contributed by atoms with Crippen molar-refractivity contribution < 1.29 is 22.3 Å². The zero-order valence-electron chi connectivity index (χ0n) is 18.3. The van der Waals surface area contributed by atoms with Gasteiger partial charge in [0.15, 0.2) is 15.7 Å². The molecule has 1 aliphatic heterocycles.